The first kappa shape index (κ1) is 14.5. The van der Waals surface area contributed by atoms with E-state index in [0.717, 1.165) is 45.4 Å². The third-order valence-corrected chi connectivity index (χ3v) is 3.94. The summed E-state index contributed by atoms with van der Waals surface area (Å²) in [5.74, 6) is 0. The molecule has 0 aliphatic carbocycles. The van der Waals surface area contributed by atoms with Crippen LogP contribution >= 0.6 is 0 Å². The first-order chi connectivity index (χ1) is 9.21. The van der Waals surface area contributed by atoms with Crippen molar-refractivity contribution in [2.75, 3.05) is 13.2 Å². The minimum Gasteiger partial charge on any atom is -0.373 e. The lowest BCUT2D eigenvalue weighted by atomic mass is 9.90. The molecule has 0 aromatic carbocycles. The SMILES string of the molecule is CCCNC(c1ccnn1CCC)C1(C)CCCO1. The number of aromatic nitrogens is 2. The van der Waals surface area contributed by atoms with Gasteiger partial charge in [-0.2, -0.15) is 5.10 Å². The Morgan fingerprint density at radius 1 is 1.47 bits per heavy atom. The fourth-order valence-corrected chi connectivity index (χ4v) is 2.94. The number of ether oxygens (including phenoxy) is 1. The van der Waals surface area contributed by atoms with Crippen LogP contribution in [0.5, 0.6) is 0 Å². The van der Waals surface area contributed by atoms with Gasteiger partial charge in [-0.1, -0.05) is 13.8 Å². The average Bonchev–Trinajstić information content (AvgIpc) is 3.01. The van der Waals surface area contributed by atoms with Gasteiger partial charge in [-0.05, 0) is 45.2 Å². The standard InChI is InChI=1S/C15H27N3O/c1-4-9-16-14(15(3)8-6-12-19-15)13-7-10-17-18(13)11-5-2/h7,10,14,16H,4-6,8-9,11-12H2,1-3H3. The molecule has 19 heavy (non-hydrogen) atoms. The molecule has 1 aliphatic heterocycles. The summed E-state index contributed by atoms with van der Waals surface area (Å²) in [6, 6.07) is 2.37. The summed E-state index contributed by atoms with van der Waals surface area (Å²) in [4.78, 5) is 0. The first-order valence-electron chi connectivity index (χ1n) is 7.60. The number of nitrogens with zero attached hydrogens (tertiary/aromatic N) is 2. The normalized spacial score (nSPS) is 24.8. The van der Waals surface area contributed by atoms with Crippen molar-refractivity contribution >= 4 is 0 Å². The zero-order chi connectivity index (χ0) is 13.7. The Hall–Kier alpha value is -0.870. The monoisotopic (exact) mass is 265 g/mol. The fraction of sp³-hybridized carbons (Fsp3) is 0.800. The van der Waals surface area contributed by atoms with Crippen LogP contribution in [0.2, 0.25) is 0 Å². The summed E-state index contributed by atoms with van der Waals surface area (Å²) in [5.41, 5.74) is 1.17. The Kier molecular flexibility index (Phi) is 4.99. The molecule has 0 saturated carbocycles. The molecule has 1 fully saturated rings. The molecule has 2 rings (SSSR count). The molecule has 2 atom stereocenters. The molecule has 1 aliphatic rings. The van der Waals surface area contributed by atoms with Crippen molar-refractivity contribution in [3.63, 3.8) is 0 Å². The van der Waals surface area contributed by atoms with Crippen LogP contribution in [0, 0.1) is 0 Å². The second-order valence-corrected chi connectivity index (χ2v) is 5.63. The maximum atomic E-state index is 6.05. The molecule has 0 radical (unpaired) electrons. The van der Waals surface area contributed by atoms with Crippen molar-refractivity contribution in [3.05, 3.63) is 18.0 Å². The van der Waals surface area contributed by atoms with Crippen molar-refractivity contribution < 1.29 is 4.74 Å². The molecular weight excluding hydrogens is 238 g/mol. The van der Waals surface area contributed by atoms with Crippen LogP contribution in [0.3, 0.4) is 0 Å². The Labute approximate surface area is 116 Å². The molecule has 0 amide bonds. The molecule has 1 N–H and O–H groups in total. The van der Waals surface area contributed by atoms with Crippen molar-refractivity contribution in [2.45, 2.75) is 64.6 Å². The van der Waals surface area contributed by atoms with Gasteiger partial charge < -0.3 is 10.1 Å². The van der Waals surface area contributed by atoms with Crippen molar-refractivity contribution in [1.82, 2.24) is 15.1 Å². The van der Waals surface area contributed by atoms with Gasteiger partial charge in [0.1, 0.15) is 0 Å². The average molecular weight is 265 g/mol. The lowest BCUT2D eigenvalue weighted by Gasteiger charge is -2.34. The summed E-state index contributed by atoms with van der Waals surface area (Å²) in [7, 11) is 0. The second-order valence-electron chi connectivity index (χ2n) is 5.63. The van der Waals surface area contributed by atoms with E-state index in [-0.39, 0.29) is 11.6 Å². The largest absolute Gasteiger partial charge is 0.373 e. The molecule has 0 bridgehead atoms. The maximum Gasteiger partial charge on any atom is 0.0864 e. The number of rotatable bonds is 7. The van der Waals surface area contributed by atoms with Crippen LogP contribution in [0.1, 0.15) is 58.2 Å². The predicted molar refractivity (Wildman–Crippen MR) is 77.1 cm³/mol. The molecule has 1 aromatic rings. The van der Waals surface area contributed by atoms with Gasteiger partial charge >= 0.3 is 0 Å². The fourth-order valence-electron chi connectivity index (χ4n) is 2.94. The van der Waals surface area contributed by atoms with Gasteiger partial charge in [0.05, 0.1) is 17.3 Å². The molecule has 1 aromatic heterocycles. The third kappa shape index (κ3) is 3.18. The van der Waals surface area contributed by atoms with Crippen molar-refractivity contribution in [1.29, 1.82) is 0 Å². The Balaban J connectivity index is 2.23. The number of aryl methyl sites for hydroxylation is 1. The summed E-state index contributed by atoms with van der Waals surface area (Å²) >= 11 is 0. The molecule has 4 nitrogen and oxygen atoms in total. The van der Waals surface area contributed by atoms with Gasteiger partial charge in [-0.3, -0.25) is 4.68 Å². The Bertz CT molecular complexity index is 382. The van der Waals surface area contributed by atoms with E-state index in [9.17, 15) is 0 Å². The predicted octanol–water partition coefficient (Wildman–Crippen LogP) is 2.90. The van der Waals surface area contributed by atoms with E-state index in [1.807, 2.05) is 6.20 Å². The summed E-state index contributed by atoms with van der Waals surface area (Å²) in [6.07, 6.45) is 6.42. The molecule has 0 spiro atoms. The van der Waals surface area contributed by atoms with E-state index in [4.69, 9.17) is 4.74 Å². The third-order valence-electron chi connectivity index (χ3n) is 3.94. The van der Waals surface area contributed by atoms with Crippen molar-refractivity contribution in [2.24, 2.45) is 0 Å². The van der Waals surface area contributed by atoms with Crippen LogP contribution in [-0.4, -0.2) is 28.5 Å². The highest BCUT2D eigenvalue weighted by Gasteiger charge is 2.40. The summed E-state index contributed by atoms with van der Waals surface area (Å²) < 4.78 is 8.18. The van der Waals surface area contributed by atoms with E-state index >= 15 is 0 Å². The topological polar surface area (TPSA) is 39.1 Å². The molecule has 2 heterocycles. The van der Waals surface area contributed by atoms with Gasteiger partial charge in [0.2, 0.25) is 0 Å². The van der Waals surface area contributed by atoms with Crippen LogP contribution < -0.4 is 5.32 Å². The highest BCUT2D eigenvalue weighted by molar-refractivity contribution is 5.13. The maximum absolute atomic E-state index is 6.05. The zero-order valence-corrected chi connectivity index (χ0v) is 12.5. The van der Waals surface area contributed by atoms with E-state index in [0.29, 0.717) is 0 Å². The van der Waals surface area contributed by atoms with Crippen LogP contribution in [-0.2, 0) is 11.3 Å². The number of hydrogen-bond acceptors (Lipinski definition) is 3. The lowest BCUT2D eigenvalue weighted by molar-refractivity contribution is -0.0148. The van der Waals surface area contributed by atoms with Gasteiger partial charge in [0.25, 0.3) is 0 Å². The number of hydrogen-bond donors (Lipinski definition) is 1. The lowest BCUT2D eigenvalue weighted by Crippen LogP contribution is -2.42. The highest BCUT2D eigenvalue weighted by atomic mass is 16.5. The molecular formula is C15H27N3O. The van der Waals surface area contributed by atoms with Crippen LogP contribution in [0.25, 0.3) is 0 Å². The van der Waals surface area contributed by atoms with Gasteiger partial charge in [-0.25, -0.2) is 0 Å². The van der Waals surface area contributed by atoms with Gasteiger partial charge in [0, 0.05) is 19.3 Å². The minimum atomic E-state index is -0.0965. The molecule has 108 valence electrons. The Morgan fingerprint density at radius 2 is 2.32 bits per heavy atom. The number of nitrogens with one attached hydrogen (secondary N) is 1. The quantitative estimate of drug-likeness (QED) is 0.824. The van der Waals surface area contributed by atoms with Crippen LogP contribution in [0.15, 0.2) is 12.3 Å². The van der Waals surface area contributed by atoms with Gasteiger partial charge in [-0.15, -0.1) is 0 Å². The van der Waals surface area contributed by atoms with Gasteiger partial charge in [0.15, 0.2) is 0 Å². The minimum absolute atomic E-state index is 0.0965. The van der Waals surface area contributed by atoms with E-state index in [1.165, 1.54) is 5.69 Å². The van der Waals surface area contributed by atoms with E-state index < -0.39 is 0 Å². The first-order valence-corrected chi connectivity index (χ1v) is 7.60. The zero-order valence-electron chi connectivity index (χ0n) is 12.5. The van der Waals surface area contributed by atoms with E-state index in [2.05, 4.69) is 41.9 Å². The molecule has 2 unspecified atom stereocenters. The summed E-state index contributed by atoms with van der Waals surface area (Å²) in [6.45, 7) is 9.49. The highest BCUT2D eigenvalue weighted by Crippen LogP contribution is 2.37. The van der Waals surface area contributed by atoms with Crippen molar-refractivity contribution in [3.8, 4) is 0 Å². The molecule has 4 heteroatoms. The van der Waals surface area contributed by atoms with E-state index in [1.54, 1.807) is 0 Å². The molecule has 1 saturated heterocycles. The second kappa shape index (κ2) is 6.53. The summed E-state index contributed by atoms with van der Waals surface area (Å²) in [5, 5.41) is 8.13. The van der Waals surface area contributed by atoms with Crippen LogP contribution in [0.4, 0.5) is 0 Å². The Morgan fingerprint density at radius 3 is 2.95 bits per heavy atom. The smallest absolute Gasteiger partial charge is 0.0864 e.